The van der Waals surface area contributed by atoms with Gasteiger partial charge in [0.25, 0.3) is 5.69 Å². The molecule has 0 aliphatic rings. The smallest absolute Gasteiger partial charge is 0.338 e. The quantitative estimate of drug-likeness (QED) is 0.199. The molecule has 0 fully saturated rings. The van der Waals surface area contributed by atoms with Gasteiger partial charge in [0.15, 0.2) is 12.4 Å². The molecule has 0 aromatic heterocycles. The highest BCUT2D eigenvalue weighted by molar-refractivity contribution is 6.42. The first-order valence-corrected chi connectivity index (χ1v) is 9.27. The van der Waals surface area contributed by atoms with Crippen LogP contribution in [0.3, 0.4) is 0 Å². The first-order chi connectivity index (χ1) is 14.3. The van der Waals surface area contributed by atoms with Gasteiger partial charge in [0, 0.05) is 17.7 Å². The van der Waals surface area contributed by atoms with E-state index in [1.54, 1.807) is 12.1 Å². The second-order valence-electron chi connectivity index (χ2n) is 6.01. The number of non-ortho nitro benzene ring substituents is 1. The predicted octanol–water partition coefficient (Wildman–Crippen LogP) is 5.73. The molecule has 0 bridgehead atoms. The Hall–Kier alpha value is -3.42. The van der Waals surface area contributed by atoms with Gasteiger partial charge in [0.05, 0.1) is 20.5 Å². The lowest BCUT2D eigenvalue weighted by molar-refractivity contribution is -0.384. The summed E-state index contributed by atoms with van der Waals surface area (Å²) in [7, 11) is 0. The predicted molar refractivity (Wildman–Crippen MR) is 111 cm³/mol. The van der Waals surface area contributed by atoms with Gasteiger partial charge in [-0.25, -0.2) is 4.79 Å². The van der Waals surface area contributed by atoms with Crippen molar-refractivity contribution in [3.63, 3.8) is 0 Å². The van der Waals surface area contributed by atoms with Crippen molar-refractivity contribution < 1.29 is 24.0 Å². The topological polar surface area (TPSA) is 95.7 Å². The minimum atomic E-state index is -0.694. The molecular weight excluding hydrogens is 433 g/mol. The summed E-state index contributed by atoms with van der Waals surface area (Å²) in [5.41, 5.74) is 0.468. The molecule has 0 radical (unpaired) electrons. The maximum Gasteiger partial charge on any atom is 0.338 e. The number of nitro benzene ring substituents is 1. The SMILES string of the molecule is O=C(COC(=O)c1ccc(Cl)c(Cl)c1)c1ccc(Oc2ccc([N+](=O)[O-])cc2)cc1. The molecule has 0 aliphatic carbocycles. The van der Waals surface area contributed by atoms with E-state index in [4.69, 9.17) is 32.7 Å². The third-order valence-corrected chi connectivity index (χ3v) is 4.69. The van der Waals surface area contributed by atoms with Gasteiger partial charge in [-0.2, -0.15) is 0 Å². The monoisotopic (exact) mass is 445 g/mol. The number of hydrogen-bond acceptors (Lipinski definition) is 6. The molecule has 0 spiro atoms. The molecule has 7 nitrogen and oxygen atoms in total. The van der Waals surface area contributed by atoms with E-state index in [0.29, 0.717) is 22.1 Å². The van der Waals surface area contributed by atoms with E-state index in [2.05, 4.69) is 0 Å². The zero-order chi connectivity index (χ0) is 21.7. The minimum absolute atomic E-state index is 0.0429. The highest BCUT2D eigenvalue weighted by Crippen LogP contribution is 2.25. The summed E-state index contributed by atoms with van der Waals surface area (Å²) in [6.45, 7) is -0.443. The van der Waals surface area contributed by atoms with Gasteiger partial charge in [-0.3, -0.25) is 14.9 Å². The van der Waals surface area contributed by atoms with Gasteiger partial charge in [0.2, 0.25) is 0 Å². The fourth-order valence-electron chi connectivity index (χ4n) is 2.40. The Bertz CT molecular complexity index is 1100. The summed E-state index contributed by atoms with van der Waals surface area (Å²) in [6, 6.07) is 16.1. The van der Waals surface area contributed by atoms with Gasteiger partial charge in [-0.15, -0.1) is 0 Å². The number of nitrogens with zero attached hydrogens (tertiary/aromatic N) is 1. The Balaban J connectivity index is 1.57. The van der Waals surface area contributed by atoms with E-state index >= 15 is 0 Å². The summed E-state index contributed by atoms with van der Waals surface area (Å²) in [5, 5.41) is 11.2. The highest BCUT2D eigenvalue weighted by atomic mass is 35.5. The number of carbonyl (C=O) groups excluding carboxylic acids is 2. The standard InChI is InChI=1S/C21H13Cl2NO6/c22-18-10-3-14(11-19(18)23)21(26)29-12-20(25)13-1-6-16(7-2-13)30-17-8-4-15(5-9-17)24(27)28/h1-11H,12H2. The van der Waals surface area contributed by atoms with Crippen LogP contribution in [0.1, 0.15) is 20.7 Å². The fraction of sp³-hybridized carbons (Fsp3) is 0.0476. The number of esters is 1. The summed E-state index contributed by atoms with van der Waals surface area (Å²) in [4.78, 5) is 34.4. The van der Waals surface area contributed by atoms with Gasteiger partial charge < -0.3 is 9.47 Å². The van der Waals surface area contributed by atoms with E-state index in [1.165, 1.54) is 54.6 Å². The molecule has 0 saturated carbocycles. The van der Waals surface area contributed by atoms with E-state index in [-0.39, 0.29) is 16.3 Å². The molecule has 30 heavy (non-hydrogen) atoms. The van der Waals surface area contributed by atoms with Gasteiger partial charge in [-0.05, 0) is 54.6 Å². The van der Waals surface area contributed by atoms with Crippen LogP contribution >= 0.6 is 23.2 Å². The Morgan fingerprint density at radius 2 is 1.40 bits per heavy atom. The number of Topliss-reactive ketones (excluding diaryl/α,β-unsaturated/α-hetero) is 1. The Labute approximate surface area is 180 Å². The average Bonchev–Trinajstić information content (AvgIpc) is 2.74. The van der Waals surface area contributed by atoms with Crippen LogP contribution in [0, 0.1) is 10.1 Å². The third-order valence-electron chi connectivity index (χ3n) is 3.95. The molecular formula is C21H13Cl2NO6. The summed E-state index contributed by atoms with van der Waals surface area (Å²) in [5.74, 6) is -0.242. The van der Waals surface area contributed by atoms with Crippen LogP contribution in [0.2, 0.25) is 10.0 Å². The maximum absolute atomic E-state index is 12.2. The first-order valence-electron chi connectivity index (χ1n) is 8.51. The lowest BCUT2D eigenvalue weighted by Gasteiger charge is -2.07. The molecule has 0 unspecified atom stereocenters. The lowest BCUT2D eigenvalue weighted by Crippen LogP contribution is -2.14. The Morgan fingerprint density at radius 1 is 0.833 bits per heavy atom. The molecule has 0 saturated heterocycles. The second kappa shape index (κ2) is 9.39. The van der Waals surface area contributed by atoms with Crippen molar-refractivity contribution in [3.8, 4) is 11.5 Å². The summed E-state index contributed by atoms with van der Waals surface area (Å²) in [6.07, 6.45) is 0. The number of hydrogen-bond donors (Lipinski definition) is 0. The minimum Gasteiger partial charge on any atom is -0.457 e. The number of carbonyl (C=O) groups is 2. The van der Waals surface area contributed by atoms with E-state index < -0.39 is 23.3 Å². The molecule has 3 rings (SSSR count). The van der Waals surface area contributed by atoms with Crippen molar-refractivity contribution in [2.75, 3.05) is 6.61 Å². The lowest BCUT2D eigenvalue weighted by atomic mass is 10.1. The van der Waals surface area contributed by atoms with Crippen molar-refractivity contribution in [1.29, 1.82) is 0 Å². The molecule has 3 aromatic rings. The number of benzene rings is 3. The molecule has 0 N–H and O–H groups in total. The van der Waals surface area contributed by atoms with Crippen molar-refractivity contribution in [2.24, 2.45) is 0 Å². The first kappa shape index (κ1) is 21.3. The van der Waals surface area contributed by atoms with Crippen molar-refractivity contribution >= 4 is 40.6 Å². The molecule has 0 aliphatic heterocycles. The van der Waals surface area contributed by atoms with Crippen LogP contribution in [0.15, 0.2) is 66.7 Å². The van der Waals surface area contributed by atoms with E-state index in [0.717, 1.165) is 0 Å². The van der Waals surface area contributed by atoms with Gasteiger partial charge in [0.1, 0.15) is 11.5 Å². The third kappa shape index (κ3) is 5.34. The molecule has 0 amide bonds. The summed E-state index contributed by atoms with van der Waals surface area (Å²) < 4.78 is 10.6. The van der Waals surface area contributed by atoms with Crippen molar-refractivity contribution in [3.05, 3.63) is 98.0 Å². The van der Waals surface area contributed by atoms with Crippen LogP contribution in [-0.2, 0) is 4.74 Å². The van der Waals surface area contributed by atoms with E-state index in [9.17, 15) is 19.7 Å². The van der Waals surface area contributed by atoms with Crippen LogP contribution < -0.4 is 4.74 Å². The zero-order valence-corrected chi connectivity index (χ0v) is 16.7. The summed E-state index contributed by atoms with van der Waals surface area (Å²) >= 11 is 11.7. The number of ketones is 1. The van der Waals surface area contributed by atoms with Gasteiger partial charge in [-0.1, -0.05) is 23.2 Å². The number of ether oxygens (including phenoxy) is 2. The molecule has 152 valence electrons. The number of nitro groups is 1. The normalized spacial score (nSPS) is 10.3. The number of halogens is 2. The van der Waals surface area contributed by atoms with Crippen molar-refractivity contribution in [2.45, 2.75) is 0 Å². The van der Waals surface area contributed by atoms with Crippen LogP contribution in [0.5, 0.6) is 11.5 Å². The maximum atomic E-state index is 12.2. The van der Waals surface area contributed by atoms with Gasteiger partial charge >= 0.3 is 5.97 Å². The van der Waals surface area contributed by atoms with Crippen LogP contribution in [0.25, 0.3) is 0 Å². The number of rotatable bonds is 7. The largest absolute Gasteiger partial charge is 0.457 e. The van der Waals surface area contributed by atoms with Crippen molar-refractivity contribution in [1.82, 2.24) is 0 Å². The highest BCUT2D eigenvalue weighted by Gasteiger charge is 2.13. The molecule has 0 heterocycles. The van der Waals surface area contributed by atoms with Crippen LogP contribution in [0.4, 0.5) is 5.69 Å². The molecule has 3 aromatic carbocycles. The second-order valence-corrected chi connectivity index (χ2v) is 6.82. The Morgan fingerprint density at radius 3 is 1.97 bits per heavy atom. The molecule has 9 heteroatoms. The Kier molecular flexibility index (Phi) is 6.66. The zero-order valence-electron chi connectivity index (χ0n) is 15.2. The van der Waals surface area contributed by atoms with Crippen LogP contribution in [-0.4, -0.2) is 23.3 Å². The fourth-order valence-corrected chi connectivity index (χ4v) is 2.70. The van der Waals surface area contributed by atoms with E-state index in [1.807, 2.05) is 0 Å². The molecule has 0 atom stereocenters. The average molecular weight is 446 g/mol.